The molecule has 0 saturated carbocycles. The summed E-state index contributed by atoms with van der Waals surface area (Å²) < 4.78 is 4.81. The van der Waals surface area contributed by atoms with Crippen molar-refractivity contribution in [2.24, 2.45) is 0 Å². The molecule has 0 aromatic carbocycles. The normalized spacial score (nSPS) is 11.8. The molecule has 0 aliphatic carbocycles. The molecule has 110 valence electrons. The van der Waals surface area contributed by atoms with E-state index in [0.29, 0.717) is 13.0 Å². The van der Waals surface area contributed by atoms with Crippen molar-refractivity contribution in [2.45, 2.75) is 18.9 Å². The number of carbonyl (C=O) groups is 2. The van der Waals surface area contributed by atoms with Crippen LogP contribution in [0.25, 0.3) is 0 Å². The fraction of sp³-hybridized carbons (Fsp3) is 0.417. The highest BCUT2D eigenvalue weighted by Gasteiger charge is 2.20. The quantitative estimate of drug-likeness (QED) is 0.508. The summed E-state index contributed by atoms with van der Waals surface area (Å²) in [5.41, 5.74) is -0.759. The minimum absolute atomic E-state index is 0.107. The highest BCUT2D eigenvalue weighted by Crippen LogP contribution is 2.06. The first-order chi connectivity index (χ1) is 9.43. The summed E-state index contributed by atoms with van der Waals surface area (Å²) in [5.74, 6) is -2.38. The van der Waals surface area contributed by atoms with E-state index in [1.54, 1.807) is 0 Å². The molecular formula is C12H16N2O6. The molecule has 1 amide bonds. The van der Waals surface area contributed by atoms with E-state index in [-0.39, 0.29) is 12.0 Å². The Balaban J connectivity index is 2.74. The Bertz CT molecular complexity index is 539. The van der Waals surface area contributed by atoms with Crippen LogP contribution in [0.1, 0.15) is 23.2 Å². The Morgan fingerprint density at radius 3 is 2.70 bits per heavy atom. The first-order valence-corrected chi connectivity index (χ1v) is 5.90. The summed E-state index contributed by atoms with van der Waals surface area (Å²) >= 11 is 0. The topological polar surface area (TPSA) is 129 Å². The summed E-state index contributed by atoms with van der Waals surface area (Å²) in [4.78, 5) is 36.0. The van der Waals surface area contributed by atoms with Crippen LogP contribution >= 0.6 is 0 Å². The van der Waals surface area contributed by atoms with Crippen LogP contribution in [0.15, 0.2) is 16.9 Å². The van der Waals surface area contributed by atoms with Crippen molar-refractivity contribution >= 4 is 11.9 Å². The fourth-order valence-corrected chi connectivity index (χ4v) is 1.59. The largest absolute Gasteiger partial charge is 0.494 e. The van der Waals surface area contributed by atoms with Gasteiger partial charge < -0.3 is 20.3 Å². The molecule has 0 aliphatic rings. The maximum absolute atomic E-state index is 11.8. The van der Waals surface area contributed by atoms with E-state index in [0.717, 1.165) is 12.1 Å². The van der Waals surface area contributed by atoms with Gasteiger partial charge in [-0.05, 0) is 12.8 Å². The second kappa shape index (κ2) is 7.29. The van der Waals surface area contributed by atoms with Crippen molar-refractivity contribution in [1.29, 1.82) is 0 Å². The highest BCUT2D eigenvalue weighted by atomic mass is 16.5. The second-order valence-corrected chi connectivity index (χ2v) is 4.12. The van der Waals surface area contributed by atoms with Gasteiger partial charge in [-0.1, -0.05) is 0 Å². The smallest absolute Gasteiger partial charge is 0.326 e. The van der Waals surface area contributed by atoms with Crippen LogP contribution in [-0.4, -0.2) is 46.8 Å². The molecule has 1 aromatic rings. The number of aromatic amines is 1. The van der Waals surface area contributed by atoms with Crippen molar-refractivity contribution in [3.8, 4) is 5.88 Å². The van der Waals surface area contributed by atoms with E-state index in [9.17, 15) is 19.5 Å². The minimum Gasteiger partial charge on any atom is -0.494 e. The molecule has 0 aliphatic heterocycles. The number of H-pyrrole nitrogens is 1. The van der Waals surface area contributed by atoms with Gasteiger partial charge in [-0.3, -0.25) is 14.6 Å². The maximum Gasteiger partial charge on any atom is 0.326 e. The molecule has 1 aromatic heterocycles. The number of ether oxygens (including phenoxy) is 1. The molecule has 0 radical (unpaired) electrons. The van der Waals surface area contributed by atoms with Crippen LogP contribution in [0.2, 0.25) is 0 Å². The Labute approximate surface area is 114 Å². The molecule has 8 heteroatoms. The molecule has 4 N–H and O–H groups in total. The number of carboxylic acid groups (broad SMARTS) is 1. The molecule has 0 spiro atoms. The molecule has 8 nitrogen and oxygen atoms in total. The first-order valence-electron chi connectivity index (χ1n) is 5.90. The second-order valence-electron chi connectivity index (χ2n) is 4.12. The van der Waals surface area contributed by atoms with Gasteiger partial charge in [0.2, 0.25) is 0 Å². The van der Waals surface area contributed by atoms with Gasteiger partial charge in [0, 0.05) is 25.8 Å². The number of hydrogen-bond acceptors (Lipinski definition) is 5. The van der Waals surface area contributed by atoms with Crippen LogP contribution in [-0.2, 0) is 9.53 Å². The summed E-state index contributed by atoms with van der Waals surface area (Å²) in [6, 6.07) is 0.938. The van der Waals surface area contributed by atoms with Crippen molar-refractivity contribution in [2.75, 3.05) is 13.7 Å². The van der Waals surface area contributed by atoms with E-state index in [4.69, 9.17) is 9.84 Å². The Hall–Kier alpha value is -2.35. The third-order valence-corrected chi connectivity index (χ3v) is 2.54. The highest BCUT2D eigenvalue weighted by molar-refractivity contribution is 5.96. The fourth-order valence-electron chi connectivity index (χ4n) is 1.59. The summed E-state index contributed by atoms with van der Waals surface area (Å²) in [7, 11) is 1.49. The predicted octanol–water partition coefficient (Wildman–Crippen LogP) is -0.310. The van der Waals surface area contributed by atoms with Crippen molar-refractivity contribution in [3.05, 3.63) is 28.0 Å². The SMILES string of the molecule is COCCCC(NC(=O)c1cc(O)[nH]c(=O)c1)C(=O)O. The third-order valence-electron chi connectivity index (χ3n) is 2.54. The number of hydrogen-bond donors (Lipinski definition) is 4. The van der Waals surface area contributed by atoms with E-state index in [1.165, 1.54) is 7.11 Å². The molecule has 0 saturated heterocycles. The van der Waals surface area contributed by atoms with Crippen molar-refractivity contribution < 1.29 is 24.5 Å². The lowest BCUT2D eigenvalue weighted by atomic mass is 10.1. The van der Waals surface area contributed by atoms with Gasteiger partial charge in [0.05, 0.1) is 5.56 Å². The monoisotopic (exact) mass is 284 g/mol. The van der Waals surface area contributed by atoms with Crippen LogP contribution in [0.3, 0.4) is 0 Å². The molecule has 20 heavy (non-hydrogen) atoms. The number of carboxylic acids is 1. The molecule has 0 bridgehead atoms. The first kappa shape index (κ1) is 15.7. The van der Waals surface area contributed by atoms with Gasteiger partial charge in [-0.15, -0.1) is 0 Å². The Morgan fingerprint density at radius 2 is 2.15 bits per heavy atom. The Morgan fingerprint density at radius 1 is 1.45 bits per heavy atom. The molecule has 1 unspecified atom stereocenters. The number of amides is 1. The maximum atomic E-state index is 11.8. The summed E-state index contributed by atoms with van der Waals surface area (Å²) in [6.45, 7) is 0.380. The lowest BCUT2D eigenvalue weighted by Gasteiger charge is -2.14. The molecule has 0 fully saturated rings. The number of rotatable bonds is 7. The van der Waals surface area contributed by atoms with E-state index < -0.39 is 29.4 Å². The van der Waals surface area contributed by atoms with Crippen LogP contribution in [0.5, 0.6) is 5.88 Å². The average molecular weight is 284 g/mol. The van der Waals surface area contributed by atoms with Crippen molar-refractivity contribution in [1.82, 2.24) is 10.3 Å². The zero-order valence-corrected chi connectivity index (χ0v) is 10.9. The lowest BCUT2D eigenvalue weighted by molar-refractivity contribution is -0.139. The van der Waals surface area contributed by atoms with Crippen LogP contribution in [0.4, 0.5) is 0 Å². The number of pyridine rings is 1. The zero-order chi connectivity index (χ0) is 15.1. The molecule has 1 atom stereocenters. The number of aliphatic carboxylic acids is 1. The van der Waals surface area contributed by atoms with Crippen LogP contribution < -0.4 is 10.9 Å². The third kappa shape index (κ3) is 4.73. The average Bonchev–Trinajstić information content (AvgIpc) is 2.36. The zero-order valence-electron chi connectivity index (χ0n) is 10.9. The van der Waals surface area contributed by atoms with Gasteiger partial charge in [0.25, 0.3) is 11.5 Å². The van der Waals surface area contributed by atoms with Gasteiger partial charge >= 0.3 is 5.97 Å². The van der Waals surface area contributed by atoms with Crippen molar-refractivity contribution in [3.63, 3.8) is 0 Å². The minimum atomic E-state index is -1.18. The van der Waals surface area contributed by atoms with Crippen LogP contribution in [0, 0.1) is 0 Å². The number of carbonyl (C=O) groups excluding carboxylic acids is 1. The predicted molar refractivity (Wildman–Crippen MR) is 68.7 cm³/mol. The molecule has 1 rings (SSSR count). The summed E-state index contributed by atoms with van der Waals surface area (Å²) in [6.07, 6.45) is 0.665. The van der Waals surface area contributed by atoms with Gasteiger partial charge in [-0.2, -0.15) is 0 Å². The van der Waals surface area contributed by atoms with Gasteiger partial charge in [0.15, 0.2) is 5.88 Å². The number of aromatic hydroxyl groups is 1. The van der Waals surface area contributed by atoms with E-state index in [2.05, 4.69) is 10.3 Å². The number of aromatic nitrogens is 1. The Kier molecular flexibility index (Phi) is 5.73. The summed E-state index contributed by atoms with van der Waals surface area (Å²) in [5, 5.41) is 20.5. The lowest BCUT2D eigenvalue weighted by Crippen LogP contribution is -2.41. The standard InChI is InChI=1S/C12H16N2O6/c1-20-4-2-3-8(12(18)19)13-11(17)7-5-9(15)14-10(16)6-7/h5-6,8H,2-4H2,1H3,(H,13,17)(H,18,19)(H2,14,15,16). The number of methoxy groups -OCH3 is 1. The van der Waals surface area contributed by atoms with Gasteiger partial charge in [0.1, 0.15) is 6.04 Å². The number of nitrogens with one attached hydrogen (secondary N) is 2. The van der Waals surface area contributed by atoms with Gasteiger partial charge in [-0.25, -0.2) is 4.79 Å². The van der Waals surface area contributed by atoms with E-state index >= 15 is 0 Å². The molecular weight excluding hydrogens is 268 g/mol. The van der Waals surface area contributed by atoms with E-state index in [1.807, 2.05) is 0 Å². The molecule has 1 heterocycles.